The molecule has 4 rings (SSSR count). The Morgan fingerprint density at radius 3 is 2.54 bits per heavy atom. The zero-order valence-electron chi connectivity index (χ0n) is 20.7. The normalized spacial score (nSPS) is 13.7. The molecule has 0 aliphatic carbocycles. The van der Waals surface area contributed by atoms with E-state index in [2.05, 4.69) is 15.3 Å². The molecule has 2 amide bonds. The topological polar surface area (TPSA) is 96.9 Å². The van der Waals surface area contributed by atoms with Crippen LogP contribution in [0.15, 0.2) is 48.8 Å². The second-order valence-corrected chi connectivity index (χ2v) is 8.68. The first-order valence-electron chi connectivity index (χ1n) is 11.7. The summed E-state index contributed by atoms with van der Waals surface area (Å²) in [7, 11) is 4.69. The molecule has 0 unspecified atom stereocenters. The van der Waals surface area contributed by atoms with E-state index < -0.39 is 17.5 Å². The molecule has 0 atom stereocenters. The van der Waals surface area contributed by atoms with Crippen LogP contribution in [0.2, 0.25) is 0 Å². The van der Waals surface area contributed by atoms with E-state index in [-0.39, 0.29) is 34.9 Å². The van der Waals surface area contributed by atoms with Gasteiger partial charge in [-0.2, -0.15) is 0 Å². The van der Waals surface area contributed by atoms with Crippen molar-refractivity contribution in [1.82, 2.24) is 14.9 Å². The third kappa shape index (κ3) is 5.93. The van der Waals surface area contributed by atoms with E-state index in [4.69, 9.17) is 9.47 Å². The highest BCUT2D eigenvalue weighted by atomic mass is 19.1. The first-order chi connectivity index (χ1) is 17.8. The van der Waals surface area contributed by atoms with Crippen molar-refractivity contribution < 1.29 is 27.8 Å². The van der Waals surface area contributed by atoms with Crippen LogP contribution in [0.3, 0.4) is 0 Å². The summed E-state index contributed by atoms with van der Waals surface area (Å²) in [6.45, 7) is 1.01. The molecule has 194 valence electrons. The molecule has 1 aliphatic rings. The summed E-state index contributed by atoms with van der Waals surface area (Å²) in [6, 6.07) is 8.08. The van der Waals surface area contributed by atoms with Gasteiger partial charge in [0.2, 0.25) is 5.88 Å². The second kappa shape index (κ2) is 11.2. The van der Waals surface area contributed by atoms with Gasteiger partial charge in [-0.1, -0.05) is 0 Å². The number of nitrogens with zero attached hydrogens (tertiary/aromatic N) is 4. The van der Waals surface area contributed by atoms with Crippen LogP contribution in [-0.4, -0.2) is 67.1 Å². The van der Waals surface area contributed by atoms with Crippen molar-refractivity contribution in [3.05, 3.63) is 71.7 Å². The van der Waals surface area contributed by atoms with E-state index in [1.165, 1.54) is 30.5 Å². The molecule has 11 heteroatoms. The van der Waals surface area contributed by atoms with Crippen LogP contribution in [-0.2, 0) is 0 Å². The number of carbonyl (C=O) groups is 2. The van der Waals surface area contributed by atoms with Crippen molar-refractivity contribution in [2.75, 3.05) is 44.5 Å². The van der Waals surface area contributed by atoms with E-state index in [0.29, 0.717) is 37.3 Å². The Labute approximate surface area is 213 Å². The Kier molecular flexibility index (Phi) is 7.80. The SMILES string of the molecule is COc1ncccc1C(=O)Nc1cnc(C(=O)N(C)C)cc1N1CCC(Oc2ccc(F)cc2F)CC1. The molecular formula is C26H27F2N5O4. The van der Waals surface area contributed by atoms with Crippen LogP contribution in [0, 0.1) is 11.6 Å². The van der Waals surface area contributed by atoms with Crippen LogP contribution >= 0.6 is 0 Å². The molecule has 1 saturated heterocycles. The molecule has 0 saturated carbocycles. The van der Waals surface area contributed by atoms with Crippen molar-refractivity contribution in [1.29, 1.82) is 0 Å². The van der Waals surface area contributed by atoms with Gasteiger partial charge in [0.05, 0.1) is 24.7 Å². The number of benzene rings is 1. The Hall–Kier alpha value is -4.28. The lowest BCUT2D eigenvalue weighted by Gasteiger charge is -2.35. The largest absolute Gasteiger partial charge is 0.487 e. The number of amides is 2. The number of ether oxygens (including phenoxy) is 2. The third-order valence-electron chi connectivity index (χ3n) is 5.93. The number of pyridine rings is 2. The standard InChI is InChI=1S/C26H27F2N5O4/c1-32(2)26(35)20-14-22(21(15-30-20)31-24(34)18-5-4-10-29-25(18)36-3)33-11-8-17(9-12-33)37-23-7-6-16(27)13-19(23)28/h4-7,10,13-15,17H,8-9,11-12H2,1-3H3,(H,31,34). The fraction of sp³-hybridized carbons (Fsp3) is 0.308. The molecule has 0 spiro atoms. The highest BCUT2D eigenvalue weighted by Gasteiger charge is 2.26. The first kappa shape index (κ1) is 25.8. The number of rotatable bonds is 7. The van der Waals surface area contributed by atoms with E-state index in [0.717, 1.165) is 12.1 Å². The summed E-state index contributed by atoms with van der Waals surface area (Å²) in [4.78, 5) is 37.4. The monoisotopic (exact) mass is 511 g/mol. The van der Waals surface area contributed by atoms with Crippen LogP contribution in [0.4, 0.5) is 20.2 Å². The molecule has 1 N–H and O–H groups in total. The van der Waals surface area contributed by atoms with E-state index >= 15 is 0 Å². The number of hydrogen-bond donors (Lipinski definition) is 1. The Bertz CT molecular complexity index is 1300. The van der Waals surface area contributed by atoms with Gasteiger partial charge in [0, 0.05) is 52.3 Å². The van der Waals surface area contributed by atoms with E-state index in [1.807, 2.05) is 4.90 Å². The number of anilines is 2. The number of halogens is 2. The van der Waals surface area contributed by atoms with Gasteiger partial charge < -0.3 is 24.6 Å². The molecule has 0 bridgehead atoms. The number of carbonyl (C=O) groups excluding carboxylic acids is 2. The molecule has 9 nitrogen and oxygen atoms in total. The lowest BCUT2D eigenvalue weighted by molar-refractivity contribution is 0.0822. The molecular weight excluding hydrogens is 484 g/mol. The summed E-state index contributed by atoms with van der Waals surface area (Å²) >= 11 is 0. The quantitative estimate of drug-likeness (QED) is 0.516. The maximum atomic E-state index is 14.0. The number of nitrogens with one attached hydrogen (secondary N) is 1. The molecule has 37 heavy (non-hydrogen) atoms. The van der Waals surface area contributed by atoms with Crippen molar-refractivity contribution in [2.24, 2.45) is 0 Å². The van der Waals surface area contributed by atoms with Gasteiger partial charge in [-0.3, -0.25) is 9.59 Å². The summed E-state index contributed by atoms with van der Waals surface area (Å²) in [5, 5.41) is 2.85. The lowest BCUT2D eigenvalue weighted by Crippen LogP contribution is -2.39. The van der Waals surface area contributed by atoms with Gasteiger partial charge in [-0.25, -0.2) is 18.7 Å². The molecule has 1 fully saturated rings. The number of methoxy groups -OCH3 is 1. The maximum absolute atomic E-state index is 14.0. The van der Waals surface area contributed by atoms with Crippen molar-refractivity contribution >= 4 is 23.2 Å². The van der Waals surface area contributed by atoms with Crippen molar-refractivity contribution in [2.45, 2.75) is 18.9 Å². The molecule has 0 radical (unpaired) electrons. The van der Waals surface area contributed by atoms with Gasteiger partial charge in [-0.05, 0) is 30.3 Å². The third-order valence-corrected chi connectivity index (χ3v) is 5.93. The molecule has 3 aromatic rings. The molecule has 3 heterocycles. The van der Waals surface area contributed by atoms with Crippen LogP contribution in [0.1, 0.15) is 33.7 Å². The number of piperidine rings is 1. The van der Waals surface area contributed by atoms with Gasteiger partial charge >= 0.3 is 0 Å². The first-order valence-corrected chi connectivity index (χ1v) is 11.7. The minimum absolute atomic E-state index is 0.000923. The minimum atomic E-state index is -0.751. The zero-order chi connectivity index (χ0) is 26.5. The molecule has 2 aromatic heterocycles. The van der Waals surface area contributed by atoms with Gasteiger partial charge in [-0.15, -0.1) is 0 Å². The fourth-order valence-corrected chi connectivity index (χ4v) is 4.03. The van der Waals surface area contributed by atoms with Gasteiger partial charge in [0.1, 0.15) is 23.2 Å². The highest BCUT2D eigenvalue weighted by Crippen LogP contribution is 2.31. The zero-order valence-corrected chi connectivity index (χ0v) is 20.7. The summed E-state index contributed by atoms with van der Waals surface area (Å²) in [6.07, 6.45) is 3.77. The fourth-order valence-electron chi connectivity index (χ4n) is 4.03. The molecule has 1 aromatic carbocycles. The maximum Gasteiger partial charge on any atom is 0.272 e. The van der Waals surface area contributed by atoms with E-state index in [9.17, 15) is 18.4 Å². The van der Waals surface area contributed by atoms with Crippen molar-refractivity contribution in [3.8, 4) is 11.6 Å². The Morgan fingerprint density at radius 1 is 1.11 bits per heavy atom. The average molecular weight is 512 g/mol. The van der Waals surface area contributed by atoms with Crippen LogP contribution < -0.4 is 19.7 Å². The summed E-state index contributed by atoms with van der Waals surface area (Å²) in [5.74, 6) is -1.96. The number of aromatic nitrogens is 2. The van der Waals surface area contributed by atoms with Gasteiger partial charge in [0.15, 0.2) is 11.6 Å². The van der Waals surface area contributed by atoms with Gasteiger partial charge in [0.25, 0.3) is 11.8 Å². The number of hydrogen-bond acceptors (Lipinski definition) is 7. The average Bonchev–Trinajstić information content (AvgIpc) is 2.90. The Balaban J connectivity index is 1.55. The predicted molar refractivity (Wildman–Crippen MR) is 133 cm³/mol. The predicted octanol–water partition coefficient (Wildman–Crippen LogP) is 3.77. The molecule has 1 aliphatic heterocycles. The van der Waals surface area contributed by atoms with E-state index in [1.54, 1.807) is 32.3 Å². The van der Waals surface area contributed by atoms with Crippen molar-refractivity contribution in [3.63, 3.8) is 0 Å². The Morgan fingerprint density at radius 2 is 1.86 bits per heavy atom. The van der Waals surface area contributed by atoms with Crippen LogP contribution in [0.25, 0.3) is 0 Å². The minimum Gasteiger partial charge on any atom is -0.487 e. The lowest BCUT2D eigenvalue weighted by atomic mass is 10.1. The second-order valence-electron chi connectivity index (χ2n) is 8.68. The summed E-state index contributed by atoms with van der Waals surface area (Å²) < 4.78 is 38.2. The smallest absolute Gasteiger partial charge is 0.272 e. The van der Waals surface area contributed by atoms with Crippen LogP contribution in [0.5, 0.6) is 11.6 Å². The highest BCUT2D eigenvalue weighted by molar-refractivity contribution is 6.07. The summed E-state index contributed by atoms with van der Waals surface area (Å²) in [5.41, 5.74) is 1.50.